The van der Waals surface area contributed by atoms with Gasteiger partial charge >= 0.3 is 0 Å². The summed E-state index contributed by atoms with van der Waals surface area (Å²) in [5.74, 6) is 0.717. The lowest BCUT2D eigenvalue weighted by Crippen LogP contribution is -2.56. The fourth-order valence-corrected chi connectivity index (χ4v) is 3.68. The molecule has 0 saturated carbocycles. The van der Waals surface area contributed by atoms with Gasteiger partial charge in [0.2, 0.25) is 0 Å². The number of carbonyl (C=O) groups is 1. The van der Waals surface area contributed by atoms with E-state index in [1.807, 2.05) is 38.1 Å². The molecule has 2 aromatic heterocycles. The van der Waals surface area contributed by atoms with Crippen LogP contribution in [0.2, 0.25) is 0 Å². The van der Waals surface area contributed by atoms with E-state index in [1.165, 1.54) is 0 Å². The van der Waals surface area contributed by atoms with Crippen LogP contribution in [-0.2, 0) is 16.8 Å². The van der Waals surface area contributed by atoms with Gasteiger partial charge in [0.25, 0.3) is 5.91 Å². The van der Waals surface area contributed by atoms with Gasteiger partial charge in [-0.2, -0.15) is 0 Å². The molecule has 1 aliphatic rings. The van der Waals surface area contributed by atoms with Gasteiger partial charge in [-0.05, 0) is 55.9 Å². The quantitative estimate of drug-likeness (QED) is 0.737. The number of rotatable bonds is 6. The van der Waals surface area contributed by atoms with E-state index in [9.17, 15) is 4.79 Å². The molecule has 146 valence electrons. The number of pyridine rings is 1. The van der Waals surface area contributed by atoms with E-state index in [-0.39, 0.29) is 5.91 Å². The summed E-state index contributed by atoms with van der Waals surface area (Å²) in [7, 11) is 5.67. The lowest BCUT2D eigenvalue weighted by molar-refractivity contribution is 0.0247. The van der Waals surface area contributed by atoms with Crippen molar-refractivity contribution in [2.24, 2.45) is 0 Å². The molecule has 1 saturated heterocycles. The second kappa shape index (κ2) is 8.10. The van der Waals surface area contributed by atoms with Crippen LogP contribution >= 0.6 is 0 Å². The second-order valence-corrected chi connectivity index (χ2v) is 7.14. The van der Waals surface area contributed by atoms with Crippen molar-refractivity contribution in [2.75, 3.05) is 40.9 Å². The van der Waals surface area contributed by atoms with Gasteiger partial charge in [-0.1, -0.05) is 6.07 Å². The number of tetrazole rings is 1. The van der Waals surface area contributed by atoms with Gasteiger partial charge in [-0.25, -0.2) is 4.68 Å². The monoisotopic (exact) mass is 373 g/mol. The molecule has 1 fully saturated rings. The highest BCUT2D eigenvalue weighted by molar-refractivity contribution is 5.93. The number of nitrogens with zero attached hydrogens (tertiary/aromatic N) is 7. The summed E-state index contributed by atoms with van der Waals surface area (Å²) in [4.78, 5) is 21.4. The fourth-order valence-electron chi connectivity index (χ4n) is 3.68. The molecule has 2 aromatic rings. The largest absolute Gasteiger partial charge is 0.383 e. The van der Waals surface area contributed by atoms with Gasteiger partial charge in [-0.15, -0.1) is 5.10 Å². The zero-order valence-electron chi connectivity index (χ0n) is 16.4. The van der Waals surface area contributed by atoms with Crippen molar-refractivity contribution < 1.29 is 9.53 Å². The normalized spacial score (nSPS) is 20.3. The summed E-state index contributed by atoms with van der Waals surface area (Å²) >= 11 is 0. The van der Waals surface area contributed by atoms with E-state index in [0.717, 1.165) is 24.2 Å². The number of aryl methyl sites for hydroxylation is 1. The van der Waals surface area contributed by atoms with Gasteiger partial charge in [0.05, 0.1) is 13.2 Å². The van der Waals surface area contributed by atoms with Crippen molar-refractivity contribution in [3.8, 4) is 0 Å². The van der Waals surface area contributed by atoms with Crippen molar-refractivity contribution in [2.45, 2.75) is 31.8 Å². The molecular weight excluding hydrogens is 346 g/mol. The first-order valence-corrected chi connectivity index (χ1v) is 9.13. The van der Waals surface area contributed by atoms with Crippen LogP contribution in [0.1, 0.15) is 34.7 Å². The maximum atomic E-state index is 13.1. The zero-order chi connectivity index (χ0) is 19.4. The molecule has 9 heteroatoms. The number of hydrogen-bond acceptors (Lipinski definition) is 7. The van der Waals surface area contributed by atoms with E-state index in [0.29, 0.717) is 31.9 Å². The second-order valence-electron chi connectivity index (χ2n) is 7.14. The number of ether oxygens (including phenoxy) is 1. The molecule has 0 radical (unpaired) electrons. The smallest absolute Gasteiger partial charge is 0.272 e. The Kier molecular flexibility index (Phi) is 5.81. The molecule has 3 rings (SSSR count). The van der Waals surface area contributed by atoms with Crippen LogP contribution in [0.3, 0.4) is 0 Å². The Morgan fingerprint density at radius 3 is 2.93 bits per heavy atom. The number of amides is 1. The number of likely N-dealkylation sites (N-methyl/N-ethyl adjacent to an activating group) is 1. The van der Waals surface area contributed by atoms with Crippen LogP contribution in [0, 0.1) is 6.92 Å². The van der Waals surface area contributed by atoms with E-state index in [4.69, 9.17) is 4.74 Å². The minimum absolute atomic E-state index is 0.0464. The van der Waals surface area contributed by atoms with Crippen LogP contribution in [-0.4, -0.2) is 81.8 Å². The summed E-state index contributed by atoms with van der Waals surface area (Å²) in [6.45, 7) is 4.22. The van der Waals surface area contributed by atoms with Crippen LogP contribution in [0.15, 0.2) is 18.3 Å². The lowest BCUT2D eigenvalue weighted by atomic mass is 9.86. The molecule has 1 atom stereocenters. The molecule has 3 heterocycles. The summed E-state index contributed by atoms with van der Waals surface area (Å²) in [6, 6.07) is 3.76. The van der Waals surface area contributed by atoms with Crippen LogP contribution in [0.4, 0.5) is 0 Å². The highest BCUT2D eigenvalue weighted by Crippen LogP contribution is 2.35. The van der Waals surface area contributed by atoms with Crippen molar-refractivity contribution >= 4 is 5.91 Å². The average Bonchev–Trinajstić information content (AvgIpc) is 3.15. The molecular formula is C18H27N7O2. The predicted octanol–water partition coefficient (Wildman–Crippen LogP) is 0.716. The molecule has 0 N–H and O–H groups in total. The molecule has 0 aliphatic carbocycles. The molecule has 27 heavy (non-hydrogen) atoms. The molecule has 1 amide bonds. The Morgan fingerprint density at radius 2 is 2.22 bits per heavy atom. The molecule has 0 aromatic carbocycles. The van der Waals surface area contributed by atoms with Crippen molar-refractivity contribution in [1.82, 2.24) is 35.0 Å². The molecule has 0 bridgehead atoms. The van der Waals surface area contributed by atoms with Gasteiger partial charge in [0.15, 0.2) is 5.82 Å². The number of piperidine rings is 1. The molecule has 0 spiro atoms. The van der Waals surface area contributed by atoms with Crippen LogP contribution < -0.4 is 0 Å². The van der Waals surface area contributed by atoms with E-state index in [1.54, 1.807) is 18.0 Å². The van der Waals surface area contributed by atoms with Gasteiger partial charge in [-0.3, -0.25) is 14.7 Å². The van der Waals surface area contributed by atoms with Gasteiger partial charge < -0.3 is 9.64 Å². The van der Waals surface area contributed by atoms with Gasteiger partial charge in [0.1, 0.15) is 11.2 Å². The summed E-state index contributed by atoms with van der Waals surface area (Å²) < 4.78 is 6.96. The fraction of sp³-hybridized carbons (Fsp3) is 0.611. The zero-order valence-corrected chi connectivity index (χ0v) is 16.4. The highest BCUT2D eigenvalue weighted by Gasteiger charge is 2.45. The third-order valence-corrected chi connectivity index (χ3v) is 5.28. The Bertz CT molecular complexity index is 792. The van der Waals surface area contributed by atoms with Crippen LogP contribution in [0.5, 0.6) is 0 Å². The average molecular weight is 373 g/mol. The number of aromatic nitrogens is 5. The predicted molar refractivity (Wildman–Crippen MR) is 99.2 cm³/mol. The maximum Gasteiger partial charge on any atom is 0.272 e. The Morgan fingerprint density at radius 1 is 1.41 bits per heavy atom. The van der Waals surface area contributed by atoms with Crippen molar-refractivity contribution in [3.05, 3.63) is 35.4 Å². The first-order chi connectivity index (χ1) is 13.0. The Hall–Kier alpha value is -2.39. The summed E-state index contributed by atoms with van der Waals surface area (Å²) in [5.41, 5.74) is 0.938. The van der Waals surface area contributed by atoms with E-state index in [2.05, 4.69) is 25.4 Å². The molecule has 1 unspecified atom stereocenters. The standard InChI is InChI=1S/C18H27N7O2/c1-14-7-5-9-19-15(14)16(26)24-10-6-8-18(13-24,23(2)3)17-20-21-22-25(17)11-12-27-4/h5,7,9H,6,8,10-13H2,1-4H3. The Labute approximate surface area is 159 Å². The molecule has 9 nitrogen and oxygen atoms in total. The third-order valence-electron chi connectivity index (χ3n) is 5.28. The lowest BCUT2D eigenvalue weighted by Gasteiger charge is -2.45. The summed E-state index contributed by atoms with van der Waals surface area (Å²) in [5, 5.41) is 12.3. The van der Waals surface area contributed by atoms with Crippen LogP contribution in [0.25, 0.3) is 0 Å². The van der Waals surface area contributed by atoms with Crippen molar-refractivity contribution in [1.29, 1.82) is 0 Å². The van der Waals surface area contributed by atoms with Gasteiger partial charge in [0, 0.05) is 26.4 Å². The first kappa shape index (κ1) is 19.4. The highest BCUT2D eigenvalue weighted by atomic mass is 16.5. The Balaban J connectivity index is 1.92. The topological polar surface area (TPSA) is 89.3 Å². The van der Waals surface area contributed by atoms with E-state index >= 15 is 0 Å². The third kappa shape index (κ3) is 3.70. The van der Waals surface area contributed by atoms with Crippen molar-refractivity contribution in [3.63, 3.8) is 0 Å². The number of carbonyl (C=O) groups excluding carboxylic acids is 1. The number of methoxy groups -OCH3 is 1. The number of hydrogen-bond donors (Lipinski definition) is 0. The maximum absolute atomic E-state index is 13.1. The SMILES string of the molecule is COCCn1nnnc1C1(N(C)C)CCCN(C(=O)c2ncccc2C)C1. The summed E-state index contributed by atoms with van der Waals surface area (Å²) in [6.07, 6.45) is 3.40. The van der Waals surface area contributed by atoms with E-state index < -0.39 is 5.54 Å². The minimum Gasteiger partial charge on any atom is -0.383 e. The first-order valence-electron chi connectivity index (χ1n) is 9.13. The number of likely N-dealkylation sites (tertiary alicyclic amines) is 1. The molecule has 1 aliphatic heterocycles. The minimum atomic E-state index is -0.451.